The lowest BCUT2D eigenvalue weighted by molar-refractivity contribution is -0.146. The molecule has 1 N–H and O–H groups in total. The van der Waals surface area contributed by atoms with Crippen LogP contribution < -0.4 is 5.32 Å². The van der Waals surface area contributed by atoms with Crippen molar-refractivity contribution in [2.75, 3.05) is 33.3 Å². The molecular formula is C14H28N2O2. The van der Waals surface area contributed by atoms with Gasteiger partial charge in [-0.1, -0.05) is 19.8 Å². The highest BCUT2D eigenvalue weighted by Crippen LogP contribution is 2.25. The Morgan fingerprint density at radius 1 is 1.39 bits per heavy atom. The second kappa shape index (κ2) is 8.48. The van der Waals surface area contributed by atoms with Gasteiger partial charge in [-0.15, -0.1) is 0 Å². The van der Waals surface area contributed by atoms with Crippen LogP contribution in [0.3, 0.4) is 0 Å². The van der Waals surface area contributed by atoms with E-state index < -0.39 is 0 Å². The zero-order valence-electron chi connectivity index (χ0n) is 12.1. The lowest BCUT2D eigenvalue weighted by Gasteiger charge is -2.25. The summed E-state index contributed by atoms with van der Waals surface area (Å²) < 4.78 is 5.10. The molecule has 0 aromatic carbocycles. The molecule has 0 bridgehead atoms. The first kappa shape index (κ1) is 15.4. The van der Waals surface area contributed by atoms with E-state index in [0.29, 0.717) is 6.61 Å². The van der Waals surface area contributed by atoms with E-state index in [1.165, 1.54) is 25.7 Å². The zero-order chi connectivity index (χ0) is 13.4. The minimum Gasteiger partial charge on any atom is -0.465 e. The summed E-state index contributed by atoms with van der Waals surface area (Å²) in [5.41, 5.74) is 0. The molecule has 1 atom stereocenters. The molecule has 0 radical (unpaired) electrons. The lowest BCUT2D eigenvalue weighted by Crippen LogP contribution is -2.46. The summed E-state index contributed by atoms with van der Waals surface area (Å²) in [6.07, 6.45) is 5.42. The van der Waals surface area contributed by atoms with Crippen LogP contribution in [0, 0.1) is 5.92 Å². The van der Waals surface area contributed by atoms with E-state index in [-0.39, 0.29) is 12.0 Å². The van der Waals surface area contributed by atoms with Crippen LogP contribution in [-0.2, 0) is 9.53 Å². The van der Waals surface area contributed by atoms with Crippen LogP contribution in [-0.4, -0.2) is 50.2 Å². The second-order valence-electron chi connectivity index (χ2n) is 5.23. The van der Waals surface area contributed by atoms with Crippen LogP contribution in [0.15, 0.2) is 0 Å². The fourth-order valence-electron chi connectivity index (χ4n) is 2.73. The van der Waals surface area contributed by atoms with Crippen molar-refractivity contribution in [2.24, 2.45) is 5.92 Å². The van der Waals surface area contributed by atoms with E-state index in [0.717, 1.165) is 25.6 Å². The molecule has 1 unspecified atom stereocenters. The minimum atomic E-state index is -0.193. The molecule has 0 heterocycles. The van der Waals surface area contributed by atoms with Gasteiger partial charge in [-0.25, -0.2) is 0 Å². The fourth-order valence-corrected chi connectivity index (χ4v) is 2.73. The van der Waals surface area contributed by atoms with Gasteiger partial charge in [0.15, 0.2) is 0 Å². The van der Waals surface area contributed by atoms with Crippen LogP contribution in [0.25, 0.3) is 0 Å². The van der Waals surface area contributed by atoms with Crippen molar-refractivity contribution in [2.45, 2.75) is 45.6 Å². The summed E-state index contributed by atoms with van der Waals surface area (Å²) in [4.78, 5) is 14.1. The Labute approximate surface area is 111 Å². The van der Waals surface area contributed by atoms with Crippen molar-refractivity contribution in [3.63, 3.8) is 0 Å². The lowest BCUT2D eigenvalue weighted by atomic mass is 10.1. The van der Waals surface area contributed by atoms with E-state index in [4.69, 9.17) is 4.74 Å². The number of ether oxygens (including phenoxy) is 1. The minimum absolute atomic E-state index is 0.127. The van der Waals surface area contributed by atoms with Gasteiger partial charge in [-0.2, -0.15) is 0 Å². The van der Waals surface area contributed by atoms with Crippen LogP contribution in [0.1, 0.15) is 39.5 Å². The molecular weight excluding hydrogens is 228 g/mol. The van der Waals surface area contributed by atoms with E-state index in [1.807, 2.05) is 13.8 Å². The molecule has 4 nitrogen and oxygen atoms in total. The molecule has 4 heteroatoms. The standard InChI is InChI=1S/C14H28N2O2/c1-4-15-13(14(17)18-5-2)11-16(3)10-12-8-6-7-9-12/h12-13,15H,4-11H2,1-3H3. The van der Waals surface area contributed by atoms with Gasteiger partial charge >= 0.3 is 5.97 Å². The smallest absolute Gasteiger partial charge is 0.324 e. The number of carbonyl (C=O) groups excluding carboxylic acids is 1. The van der Waals surface area contributed by atoms with Gasteiger partial charge in [-0.05, 0) is 39.3 Å². The molecule has 0 aromatic heterocycles. The van der Waals surface area contributed by atoms with Gasteiger partial charge < -0.3 is 15.0 Å². The van der Waals surface area contributed by atoms with Crippen molar-refractivity contribution in [1.82, 2.24) is 10.2 Å². The third-order valence-corrected chi connectivity index (χ3v) is 3.56. The van der Waals surface area contributed by atoms with Gasteiger partial charge in [0.2, 0.25) is 0 Å². The summed E-state index contributed by atoms with van der Waals surface area (Å²) in [6.45, 7) is 6.95. The first-order valence-electron chi connectivity index (χ1n) is 7.25. The van der Waals surface area contributed by atoms with E-state index >= 15 is 0 Å². The molecule has 1 rings (SSSR count). The van der Waals surface area contributed by atoms with Crippen molar-refractivity contribution in [3.05, 3.63) is 0 Å². The second-order valence-corrected chi connectivity index (χ2v) is 5.23. The predicted molar refractivity (Wildman–Crippen MR) is 73.6 cm³/mol. The predicted octanol–water partition coefficient (Wildman–Crippen LogP) is 1.65. The van der Waals surface area contributed by atoms with Gasteiger partial charge in [0.05, 0.1) is 6.61 Å². The summed E-state index contributed by atoms with van der Waals surface area (Å²) in [6, 6.07) is -0.193. The fraction of sp³-hybridized carbons (Fsp3) is 0.929. The van der Waals surface area contributed by atoms with Crippen LogP contribution in [0.5, 0.6) is 0 Å². The summed E-state index contributed by atoms with van der Waals surface area (Å²) in [5, 5.41) is 3.21. The average molecular weight is 256 g/mol. The van der Waals surface area contributed by atoms with Gasteiger partial charge in [0.25, 0.3) is 0 Å². The number of nitrogens with one attached hydrogen (secondary N) is 1. The number of likely N-dealkylation sites (N-methyl/N-ethyl adjacent to an activating group) is 2. The van der Waals surface area contributed by atoms with Gasteiger partial charge in [0.1, 0.15) is 6.04 Å². The maximum Gasteiger partial charge on any atom is 0.324 e. The molecule has 1 fully saturated rings. The molecule has 0 aliphatic heterocycles. The zero-order valence-corrected chi connectivity index (χ0v) is 12.1. The third-order valence-electron chi connectivity index (χ3n) is 3.56. The Bertz CT molecular complexity index is 240. The topological polar surface area (TPSA) is 41.6 Å². The molecule has 0 aromatic rings. The maximum absolute atomic E-state index is 11.8. The van der Waals surface area contributed by atoms with Crippen molar-refractivity contribution >= 4 is 5.97 Å². The van der Waals surface area contributed by atoms with Crippen molar-refractivity contribution in [3.8, 4) is 0 Å². The Balaban J connectivity index is 2.35. The first-order chi connectivity index (χ1) is 8.67. The number of rotatable bonds is 8. The quantitative estimate of drug-likeness (QED) is 0.671. The summed E-state index contributed by atoms with van der Waals surface area (Å²) in [5.74, 6) is 0.692. The number of hydrogen-bond donors (Lipinski definition) is 1. The normalized spacial score (nSPS) is 18.2. The summed E-state index contributed by atoms with van der Waals surface area (Å²) >= 11 is 0. The molecule has 1 aliphatic carbocycles. The molecule has 0 amide bonds. The highest BCUT2D eigenvalue weighted by atomic mass is 16.5. The number of esters is 1. The van der Waals surface area contributed by atoms with E-state index in [1.54, 1.807) is 0 Å². The molecule has 1 aliphatic rings. The molecule has 0 spiro atoms. The van der Waals surface area contributed by atoms with Crippen LogP contribution >= 0.6 is 0 Å². The Hall–Kier alpha value is -0.610. The number of carbonyl (C=O) groups is 1. The summed E-state index contributed by atoms with van der Waals surface area (Å²) in [7, 11) is 2.10. The maximum atomic E-state index is 11.8. The molecule has 106 valence electrons. The van der Waals surface area contributed by atoms with Gasteiger partial charge in [0, 0.05) is 13.1 Å². The van der Waals surface area contributed by atoms with E-state index in [2.05, 4.69) is 17.3 Å². The Morgan fingerprint density at radius 3 is 2.61 bits per heavy atom. The highest BCUT2D eigenvalue weighted by Gasteiger charge is 2.23. The van der Waals surface area contributed by atoms with Crippen LogP contribution in [0.4, 0.5) is 0 Å². The van der Waals surface area contributed by atoms with Crippen molar-refractivity contribution in [1.29, 1.82) is 0 Å². The van der Waals surface area contributed by atoms with E-state index in [9.17, 15) is 4.79 Å². The number of hydrogen-bond acceptors (Lipinski definition) is 4. The molecule has 18 heavy (non-hydrogen) atoms. The SMILES string of the molecule is CCNC(CN(C)CC1CCCC1)C(=O)OCC. The monoisotopic (exact) mass is 256 g/mol. The largest absolute Gasteiger partial charge is 0.465 e. The first-order valence-corrected chi connectivity index (χ1v) is 7.25. The molecule has 0 saturated heterocycles. The van der Waals surface area contributed by atoms with Gasteiger partial charge in [-0.3, -0.25) is 4.79 Å². The van der Waals surface area contributed by atoms with Crippen LogP contribution in [0.2, 0.25) is 0 Å². The number of nitrogens with zero attached hydrogens (tertiary/aromatic N) is 1. The Morgan fingerprint density at radius 2 is 2.06 bits per heavy atom. The van der Waals surface area contributed by atoms with Crippen molar-refractivity contribution < 1.29 is 9.53 Å². The molecule has 1 saturated carbocycles. The average Bonchev–Trinajstić information content (AvgIpc) is 2.81. The third kappa shape index (κ3) is 5.36. The Kier molecular flexibility index (Phi) is 7.28. The highest BCUT2D eigenvalue weighted by molar-refractivity contribution is 5.76.